The van der Waals surface area contributed by atoms with E-state index in [4.69, 9.17) is 11.0 Å². The predicted molar refractivity (Wildman–Crippen MR) is 45.8 cm³/mol. The quantitative estimate of drug-likeness (QED) is 0.297. The SMILES string of the molecule is Cl.NN(O)C(=O)c1ccccc1. The fourth-order valence-corrected chi connectivity index (χ4v) is 0.713. The van der Waals surface area contributed by atoms with Gasteiger partial charge in [-0.15, -0.1) is 17.6 Å². The number of nitrogens with two attached hydrogens (primary N) is 1. The highest BCUT2D eigenvalue weighted by Gasteiger charge is 2.07. The molecule has 3 N–H and O–H groups in total. The molecule has 0 fully saturated rings. The normalized spacial score (nSPS) is 8.50. The molecule has 0 heterocycles. The molecule has 0 radical (unpaired) electrons. The van der Waals surface area contributed by atoms with Crippen LogP contribution in [0.25, 0.3) is 0 Å². The number of halogens is 1. The van der Waals surface area contributed by atoms with Crippen molar-refractivity contribution in [2.75, 3.05) is 0 Å². The minimum absolute atomic E-state index is 0. The van der Waals surface area contributed by atoms with E-state index in [-0.39, 0.29) is 17.6 Å². The molecule has 12 heavy (non-hydrogen) atoms. The van der Waals surface area contributed by atoms with E-state index in [0.29, 0.717) is 5.56 Å². The number of carbonyl (C=O) groups is 1. The molecular weight excluding hydrogens is 180 g/mol. The van der Waals surface area contributed by atoms with E-state index < -0.39 is 5.91 Å². The second kappa shape index (κ2) is 4.71. The first kappa shape index (κ1) is 10.9. The molecule has 1 rings (SSSR count). The van der Waals surface area contributed by atoms with Gasteiger partial charge >= 0.3 is 0 Å². The van der Waals surface area contributed by atoms with Crippen molar-refractivity contribution in [3.63, 3.8) is 0 Å². The lowest BCUT2D eigenvalue weighted by atomic mass is 10.2. The summed E-state index contributed by atoms with van der Waals surface area (Å²) in [6.45, 7) is 0. The summed E-state index contributed by atoms with van der Waals surface area (Å²) in [7, 11) is 0. The van der Waals surface area contributed by atoms with E-state index >= 15 is 0 Å². The second-order valence-corrected chi connectivity index (χ2v) is 2.02. The van der Waals surface area contributed by atoms with Gasteiger partial charge in [0.25, 0.3) is 5.91 Å². The molecule has 5 heteroatoms. The lowest BCUT2D eigenvalue weighted by molar-refractivity contribution is -0.0595. The number of benzene rings is 1. The molecule has 0 saturated carbocycles. The molecule has 0 aliphatic heterocycles. The summed E-state index contributed by atoms with van der Waals surface area (Å²) in [5, 5.41) is 8.60. The standard InChI is InChI=1S/C7H8N2O2.ClH/c8-9(11)7(10)6-4-2-1-3-5-6;/h1-5,11H,8H2;1H. The maximum Gasteiger partial charge on any atom is 0.292 e. The van der Waals surface area contributed by atoms with Gasteiger partial charge in [0, 0.05) is 5.56 Å². The molecule has 1 amide bonds. The van der Waals surface area contributed by atoms with Gasteiger partial charge < -0.3 is 0 Å². The number of hydrogen-bond acceptors (Lipinski definition) is 3. The number of nitrogens with zero attached hydrogens (tertiary/aromatic N) is 1. The predicted octanol–water partition coefficient (Wildman–Crippen LogP) is 0.814. The zero-order chi connectivity index (χ0) is 8.27. The Morgan fingerprint density at radius 2 is 1.83 bits per heavy atom. The van der Waals surface area contributed by atoms with Crippen molar-refractivity contribution in [1.29, 1.82) is 0 Å². The van der Waals surface area contributed by atoms with E-state index in [1.54, 1.807) is 30.3 Å². The first-order valence-electron chi connectivity index (χ1n) is 3.05. The van der Waals surface area contributed by atoms with Crippen LogP contribution >= 0.6 is 12.4 Å². The molecule has 4 nitrogen and oxygen atoms in total. The number of hydrazine groups is 1. The number of carbonyl (C=O) groups excluding carboxylic acids is 1. The van der Waals surface area contributed by atoms with Gasteiger partial charge in [0.05, 0.1) is 0 Å². The van der Waals surface area contributed by atoms with Crippen molar-refractivity contribution >= 4 is 18.3 Å². The maximum atomic E-state index is 10.9. The summed E-state index contributed by atoms with van der Waals surface area (Å²) in [5.74, 6) is 4.19. The molecule has 0 aromatic heterocycles. The van der Waals surface area contributed by atoms with Crippen molar-refractivity contribution in [2.45, 2.75) is 0 Å². The topological polar surface area (TPSA) is 66.6 Å². The minimum atomic E-state index is -0.620. The van der Waals surface area contributed by atoms with E-state index in [2.05, 4.69) is 0 Å². The zero-order valence-corrected chi connectivity index (χ0v) is 6.99. The Morgan fingerprint density at radius 3 is 2.25 bits per heavy atom. The van der Waals surface area contributed by atoms with Gasteiger partial charge in [-0.05, 0) is 12.1 Å². The molecule has 0 aliphatic carbocycles. The lowest BCUT2D eigenvalue weighted by Gasteiger charge is -2.06. The third-order valence-corrected chi connectivity index (χ3v) is 1.23. The van der Waals surface area contributed by atoms with E-state index in [1.807, 2.05) is 0 Å². The Balaban J connectivity index is 0.00000121. The first-order valence-corrected chi connectivity index (χ1v) is 3.05. The Bertz CT molecular complexity index is 251. The molecule has 0 saturated heterocycles. The van der Waals surface area contributed by atoms with Crippen LogP contribution in [0.3, 0.4) is 0 Å². The van der Waals surface area contributed by atoms with E-state index in [0.717, 1.165) is 0 Å². The van der Waals surface area contributed by atoms with Crippen LogP contribution in [0, 0.1) is 0 Å². The fourth-order valence-electron chi connectivity index (χ4n) is 0.713. The highest BCUT2D eigenvalue weighted by molar-refractivity contribution is 5.92. The van der Waals surface area contributed by atoms with Gasteiger partial charge in [0.2, 0.25) is 0 Å². The molecule has 1 aromatic rings. The summed E-state index contributed by atoms with van der Waals surface area (Å²) < 4.78 is 0. The number of hydroxylamine groups is 1. The Morgan fingerprint density at radius 1 is 1.33 bits per heavy atom. The Kier molecular flexibility index (Phi) is 4.28. The van der Waals surface area contributed by atoms with Crippen molar-refractivity contribution < 1.29 is 10.0 Å². The van der Waals surface area contributed by atoms with Gasteiger partial charge in [0.1, 0.15) is 0 Å². The van der Waals surface area contributed by atoms with Gasteiger partial charge in [0.15, 0.2) is 0 Å². The van der Waals surface area contributed by atoms with Crippen molar-refractivity contribution in [2.24, 2.45) is 5.84 Å². The van der Waals surface area contributed by atoms with Crippen molar-refractivity contribution in [3.8, 4) is 0 Å². The van der Waals surface area contributed by atoms with Crippen LogP contribution in [0.2, 0.25) is 0 Å². The van der Waals surface area contributed by atoms with Crippen LogP contribution in [-0.4, -0.2) is 16.3 Å². The average molecular weight is 189 g/mol. The molecule has 0 unspecified atom stereocenters. The summed E-state index contributed by atoms with van der Waals surface area (Å²) >= 11 is 0. The fraction of sp³-hybridized carbons (Fsp3) is 0. The molecule has 66 valence electrons. The minimum Gasteiger partial charge on any atom is -0.270 e. The summed E-state index contributed by atoms with van der Waals surface area (Å²) in [4.78, 5) is 10.9. The third-order valence-electron chi connectivity index (χ3n) is 1.23. The monoisotopic (exact) mass is 188 g/mol. The van der Waals surface area contributed by atoms with E-state index in [1.165, 1.54) is 0 Å². The number of amides is 1. The molecule has 0 aliphatic rings. The molecule has 0 bridgehead atoms. The van der Waals surface area contributed by atoms with Crippen molar-refractivity contribution in [3.05, 3.63) is 35.9 Å². The van der Waals surface area contributed by atoms with Crippen LogP contribution in [0.4, 0.5) is 0 Å². The first-order chi connectivity index (χ1) is 5.22. The summed E-state index contributed by atoms with van der Waals surface area (Å²) in [5.41, 5.74) is 0.359. The Hall–Kier alpha value is -1.10. The van der Waals surface area contributed by atoms with Crippen LogP contribution in [0.1, 0.15) is 10.4 Å². The van der Waals surface area contributed by atoms with Crippen LogP contribution in [-0.2, 0) is 0 Å². The van der Waals surface area contributed by atoms with Crippen LogP contribution in [0.15, 0.2) is 30.3 Å². The van der Waals surface area contributed by atoms with Crippen LogP contribution in [0.5, 0.6) is 0 Å². The van der Waals surface area contributed by atoms with Crippen LogP contribution < -0.4 is 5.84 Å². The van der Waals surface area contributed by atoms with Gasteiger partial charge in [-0.25, -0.2) is 5.84 Å². The molecule has 1 aromatic carbocycles. The molecule has 0 atom stereocenters. The second-order valence-electron chi connectivity index (χ2n) is 2.02. The Labute approximate surface area is 75.9 Å². The van der Waals surface area contributed by atoms with Gasteiger partial charge in [-0.2, -0.15) is 0 Å². The largest absolute Gasteiger partial charge is 0.292 e. The average Bonchev–Trinajstić information content (AvgIpc) is 2.05. The smallest absolute Gasteiger partial charge is 0.270 e. The molecule has 0 spiro atoms. The maximum absolute atomic E-state index is 10.9. The summed E-state index contributed by atoms with van der Waals surface area (Å²) in [6.07, 6.45) is 0. The zero-order valence-electron chi connectivity index (χ0n) is 6.18. The lowest BCUT2D eigenvalue weighted by Crippen LogP contribution is -2.33. The van der Waals surface area contributed by atoms with E-state index in [9.17, 15) is 4.79 Å². The number of rotatable bonds is 1. The van der Waals surface area contributed by atoms with Crippen molar-refractivity contribution in [1.82, 2.24) is 5.17 Å². The van der Waals surface area contributed by atoms with Gasteiger partial charge in [-0.1, -0.05) is 18.2 Å². The molecular formula is C7H9ClN2O2. The van der Waals surface area contributed by atoms with Gasteiger partial charge in [-0.3, -0.25) is 10.0 Å². The highest BCUT2D eigenvalue weighted by Crippen LogP contribution is 1.99. The summed E-state index contributed by atoms with van der Waals surface area (Å²) in [6, 6.07) is 8.29. The highest BCUT2D eigenvalue weighted by atomic mass is 35.5. The third kappa shape index (κ3) is 2.50. The number of hydrogen-bond donors (Lipinski definition) is 2.